The highest BCUT2D eigenvalue weighted by Gasteiger charge is 2.15. The van der Waals surface area contributed by atoms with Crippen LogP contribution in [0.15, 0.2) is 36.4 Å². The van der Waals surface area contributed by atoms with Gasteiger partial charge in [-0.15, -0.1) is 0 Å². The number of phenolic OH excluding ortho intramolecular Hbond substituents is 1. The number of anilines is 1. The number of rotatable bonds is 3. The van der Waals surface area contributed by atoms with Gasteiger partial charge in [-0.05, 0) is 36.8 Å². The first-order valence-electron chi connectivity index (χ1n) is 6.09. The van der Waals surface area contributed by atoms with Gasteiger partial charge in [0, 0.05) is 10.6 Å². The highest BCUT2D eigenvalue weighted by Crippen LogP contribution is 2.24. The number of nitrogens with one attached hydrogen (secondary N) is 1. The van der Waals surface area contributed by atoms with Crippen LogP contribution < -0.4 is 11.1 Å². The molecule has 21 heavy (non-hydrogen) atoms. The van der Waals surface area contributed by atoms with E-state index in [9.17, 15) is 9.90 Å². The fraction of sp³-hybridized carbons (Fsp3) is 0.0667. The summed E-state index contributed by atoms with van der Waals surface area (Å²) in [5.74, 6) is -0.639. The summed E-state index contributed by atoms with van der Waals surface area (Å²) in [5.41, 5.74) is 7.72. The Morgan fingerprint density at radius 2 is 2.05 bits per heavy atom. The number of carbonyl (C=O) groups excluding carboxylic acids is 1. The summed E-state index contributed by atoms with van der Waals surface area (Å²) in [6.07, 6.45) is 0. The number of hydrogen-bond acceptors (Lipinski definition) is 3. The molecule has 0 heterocycles. The average molecular weight is 321 g/mol. The van der Waals surface area contributed by atoms with Crippen molar-refractivity contribution in [3.8, 4) is 5.75 Å². The molecule has 0 saturated heterocycles. The third kappa shape index (κ3) is 3.32. The molecule has 2 aromatic rings. The maximum Gasteiger partial charge on any atom is 0.259 e. The van der Waals surface area contributed by atoms with Gasteiger partial charge in [0.1, 0.15) is 10.7 Å². The fourth-order valence-electron chi connectivity index (χ4n) is 1.98. The van der Waals surface area contributed by atoms with E-state index in [1.807, 2.05) is 13.0 Å². The fourth-order valence-corrected chi connectivity index (χ4v) is 2.42. The van der Waals surface area contributed by atoms with Crippen molar-refractivity contribution in [1.82, 2.24) is 0 Å². The van der Waals surface area contributed by atoms with Gasteiger partial charge in [0.15, 0.2) is 0 Å². The topological polar surface area (TPSA) is 75.3 Å². The van der Waals surface area contributed by atoms with Crippen molar-refractivity contribution in [3.05, 3.63) is 58.1 Å². The molecule has 0 aliphatic heterocycles. The van der Waals surface area contributed by atoms with Gasteiger partial charge < -0.3 is 16.2 Å². The van der Waals surface area contributed by atoms with Crippen LogP contribution in [0.3, 0.4) is 0 Å². The number of hydrogen-bond donors (Lipinski definition) is 3. The minimum absolute atomic E-state index is 0.0814. The van der Waals surface area contributed by atoms with Crippen molar-refractivity contribution in [2.75, 3.05) is 5.32 Å². The van der Waals surface area contributed by atoms with Crippen molar-refractivity contribution in [2.24, 2.45) is 5.73 Å². The van der Waals surface area contributed by atoms with Crippen molar-refractivity contribution in [3.63, 3.8) is 0 Å². The first-order valence-corrected chi connectivity index (χ1v) is 6.88. The Morgan fingerprint density at radius 1 is 1.33 bits per heavy atom. The van der Waals surface area contributed by atoms with E-state index in [4.69, 9.17) is 29.6 Å². The number of carbonyl (C=O) groups is 1. The second kappa shape index (κ2) is 6.11. The Balaban J connectivity index is 2.39. The van der Waals surface area contributed by atoms with E-state index in [2.05, 4.69) is 5.32 Å². The Bertz CT molecular complexity index is 732. The zero-order valence-corrected chi connectivity index (χ0v) is 12.8. The summed E-state index contributed by atoms with van der Waals surface area (Å²) >= 11 is 10.8. The van der Waals surface area contributed by atoms with Crippen molar-refractivity contribution in [2.45, 2.75) is 6.92 Å². The minimum Gasteiger partial charge on any atom is -0.507 e. The second-order valence-electron chi connectivity index (χ2n) is 4.48. The zero-order chi connectivity index (χ0) is 15.6. The highest BCUT2D eigenvalue weighted by atomic mass is 35.5. The van der Waals surface area contributed by atoms with Gasteiger partial charge in [-0.3, -0.25) is 4.79 Å². The van der Waals surface area contributed by atoms with E-state index in [1.165, 1.54) is 18.2 Å². The lowest BCUT2D eigenvalue weighted by Gasteiger charge is -2.13. The van der Waals surface area contributed by atoms with Gasteiger partial charge >= 0.3 is 0 Å². The van der Waals surface area contributed by atoms with Crippen LogP contribution in [0, 0.1) is 6.92 Å². The van der Waals surface area contributed by atoms with Crippen molar-refractivity contribution in [1.29, 1.82) is 0 Å². The van der Waals surface area contributed by atoms with Gasteiger partial charge in [-0.1, -0.05) is 36.0 Å². The SMILES string of the molecule is Cc1cccc(NC(=O)c2cc(Cl)ccc2O)c1C(N)=S. The molecule has 0 aliphatic rings. The van der Waals surface area contributed by atoms with Crippen LogP contribution in [0.2, 0.25) is 5.02 Å². The second-order valence-corrected chi connectivity index (χ2v) is 5.35. The monoisotopic (exact) mass is 320 g/mol. The predicted molar refractivity (Wildman–Crippen MR) is 88.1 cm³/mol. The lowest BCUT2D eigenvalue weighted by Crippen LogP contribution is -2.18. The summed E-state index contributed by atoms with van der Waals surface area (Å²) in [6.45, 7) is 1.85. The molecule has 2 rings (SSSR count). The third-order valence-electron chi connectivity index (χ3n) is 2.97. The lowest BCUT2D eigenvalue weighted by molar-refractivity contribution is 0.102. The van der Waals surface area contributed by atoms with Crippen LogP contribution >= 0.6 is 23.8 Å². The summed E-state index contributed by atoms with van der Waals surface area (Å²) in [5, 5.41) is 12.8. The van der Waals surface area contributed by atoms with Crippen LogP contribution in [0.25, 0.3) is 0 Å². The maximum atomic E-state index is 12.3. The van der Waals surface area contributed by atoms with Crippen molar-refractivity contribution < 1.29 is 9.90 Å². The van der Waals surface area contributed by atoms with Crippen LogP contribution in [-0.2, 0) is 0 Å². The smallest absolute Gasteiger partial charge is 0.259 e. The van der Waals surface area contributed by atoms with E-state index < -0.39 is 5.91 Å². The normalized spacial score (nSPS) is 10.2. The average Bonchev–Trinajstić information content (AvgIpc) is 2.41. The lowest BCUT2D eigenvalue weighted by atomic mass is 10.1. The van der Waals surface area contributed by atoms with Gasteiger partial charge in [-0.2, -0.15) is 0 Å². The Morgan fingerprint density at radius 3 is 2.71 bits per heavy atom. The van der Waals surface area contributed by atoms with Crippen LogP contribution in [0.5, 0.6) is 5.75 Å². The number of amides is 1. The van der Waals surface area contributed by atoms with Crippen molar-refractivity contribution >= 4 is 40.4 Å². The maximum absolute atomic E-state index is 12.3. The van der Waals surface area contributed by atoms with Gasteiger partial charge in [0.25, 0.3) is 5.91 Å². The molecule has 108 valence electrons. The van der Waals surface area contributed by atoms with E-state index in [-0.39, 0.29) is 16.3 Å². The van der Waals surface area contributed by atoms with Crippen LogP contribution in [0.1, 0.15) is 21.5 Å². The standard InChI is InChI=1S/C15H13ClN2O2S/c1-8-3-2-4-11(13(8)14(17)21)18-15(20)10-7-9(16)5-6-12(10)19/h2-7,19H,1H3,(H2,17,21)(H,18,20). The number of halogens is 1. The Hall–Kier alpha value is -2.11. The first-order chi connectivity index (χ1) is 9.90. The number of thiocarbonyl (C=S) groups is 1. The van der Waals surface area contributed by atoms with Gasteiger partial charge in [0.05, 0.1) is 11.3 Å². The predicted octanol–water partition coefficient (Wildman–Crippen LogP) is 3.24. The number of nitrogens with two attached hydrogens (primary N) is 1. The van der Waals surface area contributed by atoms with Crippen LogP contribution in [-0.4, -0.2) is 16.0 Å². The number of benzene rings is 2. The van der Waals surface area contributed by atoms with E-state index in [0.717, 1.165) is 5.56 Å². The molecule has 0 aromatic heterocycles. The molecule has 4 nitrogen and oxygen atoms in total. The molecule has 2 aromatic carbocycles. The minimum atomic E-state index is -0.488. The first kappa shape index (κ1) is 15.3. The molecule has 4 N–H and O–H groups in total. The quantitative estimate of drug-likeness (QED) is 0.759. The zero-order valence-electron chi connectivity index (χ0n) is 11.2. The molecule has 0 aliphatic carbocycles. The van der Waals surface area contributed by atoms with Gasteiger partial charge in [-0.25, -0.2) is 0 Å². The molecule has 0 bridgehead atoms. The molecule has 0 unspecified atom stereocenters. The summed E-state index contributed by atoms with van der Waals surface area (Å²) in [4.78, 5) is 12.5. The molecular weight excluding hydrogens is 308 g/mol. The number of aromatic hydroxyl groups is 1. The number of aryl methyl sites for hydroxylation is 1. The molecule has 0 spiro atoms. The van der Waals surface area contributed by atoms with Crippen LogP contribution in [0.4, 0.5) is 5.69 Å². The van der Waals surface area contributed by atoms with E-state index in [0.29, 0.717) is 16.3 Å². The molecule has 0 radical (unpaired) electrons. The molecule has 0 atom stereocenters. The molecule has 6 heteroatoms. The highest BCUT2D eigenvalue weighted by molar-refractivity contribution is 7.80. The third-order valence-corrected chi connectivity index (χ3v) is 3.41. The summed E-state index contributed by atoms with van der Waals surface area (Å²) in [6, 6.07) is 9.58. The summed E-state index contributed by atoms with van der Waals surface area (Å²) in [7, 11) is 0. The largest absolute Gasteiger partial charge is 0.507 e. The Kier molecular flexibility index (Phi) is 4.45. The molecule has 0 fully saturated rings. The Labute approximate surface area is 132 Å². The number of phenols is 1. The molecular formula is C15H13ClN2O2S. The summed E-state index contributed by atoms with van der Waals surface area (Å²) < 4.78 is 0. The van der Waals surface area contributed by atoms with E-state index in [1.54, 1.807) is 12.1 Å². The molecule has 1 amide bonds. The van der Waals surface area contributed by atoms with Gasteiger partial charge in [0.2, 0.25) is 0 Å². The molecule has 0 saturated carbocycles. The van der Waals surface area contributed by atoms with E-state index >= 15 is 0 Å².